The molecule has 1 aromatic heterocycles. The highest BCUT2D eigenvalue weighted by Gasteiger charge is 2.27. The maximum absolute atomic E-state index is 13.5. The van der Waals surface area contributed by atoms with Gasteiger partial charge in [-0.2, -0.15) is 4.37 Å². The molecular weight excluding hydrogens is 491 g/mol. The number of fused-ring (bicyclic) bond motifs is 2. The van der Waals surface area contributed by atoms with Crippen LogP contribution < -0.4 is 14.4 Å². The van der Waals surface area contributed by atoms with E-state index >= 15 is 0 Å². The van der Waals surface area contributed by atoms with Crippen molar-refractivity contribution in [2.75, 3.05) is 51.0 Å². The Hall–Kier alpha value is -3.17. The lowest BCUT2D eigenvalue weighted by Crippen LogP contribution is -2.49. The maximum Gasteiger partial charge on any atom is 0.246 e. The van der Waals surface area contributed by atoms with Gasteiger partial charge in [-0.05, 0) is 79.2 Å². The quantitative estimate of drug-likeness (QED) is 0.435. The molecule has 0 aliphatic carbocycles. The van der Waals surface area contributed by atoms with Crippen LogP contribution in [0.15, 0.2) is 42.5 Å². The fourth-order valence-corrected chi connectivity index (χ4v) is 6.33. The van der Waals surface area contributed by atoms with Gasteiger partial charge in [0.25, 0.3) is 0 Å². The highest BCUT2D eigenvalue weighted by molar-refractivity contribution is 7.13. The summed E-state index contributed by atoms with van der Waals surface area (Å²) in [6, 6.07) is 10.9. The third-order valence-electron chi connectivity index (χ3n) is 7.59. The molecule has 0 bridgehead atoms. The number of nitrogens with zero attached hydrogens (tertiary/aromatic N) is 4. The van der Waals surface area contributed by atoms with Gasteiger partial charge in [0.05, 0.1) is 4.70 Å². The van der Waals surface area contributed by atoms with E-state index in [9.17, 15) is 9.18 Å². The fourth-order valence-electron chi connectivity index (χ4n) is 5.51. The summed E-state index contributed by atoms with van der Waals surface area (Å²) in [5, 5.41) is 1.03. The summed E-state index contributed by atoms with van der Waals surface area (Å²) in [5.74, 6) is 2.31. The summed E-state index contributed by atoms with van der Waals surface area (Å²) in [6.45, 7) is 5.78. The lowest BCUT2D eigenvalue weighted by molar-refractivity contribution is -0.129. The Morgan fingerprint density at radius 2 is 1.92 bits per heavy atom. The van der Waals surface area contributed by atoms with Crippen LogP contribution in [0.25, 0.3) is 16.2 Å². The Kier molecular flexibility index (Phi) is 6.97. The number of carbonyl (C=O) groups excluding carboxylic acids is 1. The van der Waals surface area contributed by atoms with Gasteiger partial charge in [0.1, 0.15) is 11.6 Å². The lowest BCUT2D eigenvalue weighted by Gasteiger charge is -2.39. The molecule has 3 aliphatic rings. The second kappa shape index (κ2) is 10.7. The first-order valence-corrected chi connectivity index (χ1v) is 13.8. The number of piperazine rings is 1. The summed E-state index contributed by atoms with van der Waals surface area (Å²) < 4.78 is 29.9. The van der Waals surface area contributed by atoms with E-state index in [4.69, 9.17) is 9.47 Å². The molecule has 194 valence electrons. The topological polar surface area (TPSA) is 58.1 Å². The molecule has 0 radical (unpaired) electrons. The zero-order valence-electron chi connectivity index (χ0n) is 20.8. The number of piperidine rings is 1. The first-order valence-electron chi connectivity index (χ1n) is 13.0. The fraction of sp³-hybridized carbons (Fsp3) is 0.429. The van der Waals surface area contributed by atoms with Crippen molar-refractivity contribution >= 4 is 39.4 Å². The van der Waals surface area contributed by atoms with Crippen molar-refractivity contribution in [1.82, 2.24) is 14.2 Å². The van der Waals surface area contributed by atoms with Crippen molar-refractivity contribution in [2.24, 2.45) is 0 Å². The number of likely N-dealkylation sites (tertiary alicyclic amines) is 1. The van der Waals surface area contributed by atoms with E-state index in [2.05, 4.69) is 19.1 Å². The molecule has 7 nitrogen and oxygen atoms in total. The zero-order chi connectivity index (χ0) is 25.2. The molecule has 0 saturated carbocycles. The monoisotopic (exact) mass is 522 g/mol. The minimum atomic E-state index is -0.217. The van der Waals surface area contributed by atoms with Crippen molar-refractivity contribution in [2.45, 2.75) is 31.7 Å². The minimum Gasteiger partial charge on any atom is -0.454 e. The van der Waals surface area contributed by atoms with Crippen LogP contribution in [0.5, 0.6) is 11.5 Å². The van der Waals surface area contributed by atoms with Crippen LogP contribution in [0.4, 0.5) is 10.2 Å². The predicted octanol–water partition coefficient (Wildman–Crippen LogP) is 4.77. The van der Waals surface area contributed by atoms with Gasteiger partial charge in [-0.25, -0.2) is 4.39 Å². The summed E-state index contributed by atoms with van der Waals surface area (Å²) >= 11 is 1.36. The molecule has 9 heteroatoms. The highest BCUT2D eigenvalue weighted by Crippen LogP contribution is 2.33. The Morgan fingerprint density at radius 1 is 1.05 bits per heavy atom. The summed E-state index contributed by atoms with van der Waals surface area (Å²) in [5.41, 5.74) is 0.932. The predicted molar refractivity (Wildman–Crippen MR) is 144 cm³/mol. The number of aromatic nitrogens is 1. The number of ether oxygens (including phenoxy) is 2. The molecule has 2 fully saturated rings. The smallest absolute Gasteiger partial charge is 0.246 e. The van der Waals surface area contributed by atoms with Crippen molar-refractivity contribution in [3.05, 3.63) is 53.9 Å². The van der Waals surface area contributed by atoms with Gasteiger partial charge in [0.2, 0.25) is 12.7 Å². The second-order valence-corrected chi connectivity index (χ2v) is 10.7. The van der Waals surface area contributed by atoms with E-state index < -0.39 is 0 Å². The lowest BCUT2D eigenvalue weighted by atomic mass is 9.98. The second-order valence-electron chi connectivity index (χ2n) is 9.89. The molecule has 3 aromatic rings. The van der Waals surface area contributed by atoms with Crippen LogP contribution in [-0.4, -0.2) is 72.2 Å². The number of carbonyl (C=O) groups is 1. The van der Waals surface area contributed by atoms with Gasteiger partial charge < -0.3 is 19.3 Å². The Bertz CT molecular complexity index is 1300. The van der Waals surface area contributed by atoms with Crippen LogP contribution in [0.3, 0.4) is 0 Å². The van der Waals surface area contributed by atoms with Crippen molar-refractivity contribution in [3.63, 3.8) is 0 Å². The molecule has 37 heavy (non-hydrogen) atoms. The van der Waals surface area contributed by atoms with Gasteiger partial charge >= 0.3 is 0 Å². The molecule has 0 spiro atoms. The molecule has 2 aromatic carbocycles. The van der Waals surface area contributed by atoms with Crippen LogP contribution >= 0.6 is 11.5 Å². The number of hydrogen-bond donors (Lipinski definition) is 0. The van der Waals surface area contributed by atoms with Crippen LogP contribution in [0.1, 0.15) is 31.2 Å². The van der Waals surface area contributed by atoms with Gasteiger partial charge in [0, 0.05) is 56.8 Å². The minimum absolute atomic E-state index is 0.0824. The van der Waals surface area contributed by atoms with E-state index in [0.717, 1.165) is 91.5 Å². The summed E-state index contributed by atoms with van der Waals surface area (Å²) in [7, 11) is 0. The molecular formula is C28H31FN4O3S. The van der Waals surface area contributed by atoms with Gasteiger partial charge in [-0.3, -0.25) is 9.69 Å². The molecule has 2 saturated heterocycles. The maximum atomic E-state index is 13.5. The summed E-state index contributed by atoms with van der Waals surface area (Å²) in [6.07, 6.45) is 7.84. The van der Waals surface area contributed by atoms with E-state index in [0.29, 0.717) is 0 Å². The first kappa shape index (κ1) is 24.2. The van der Waals surface area contributed by atoms with Crippen molar-refractivity contribution < 1.29 is 18.7 Å². The number of benzene rings is 2. The molecule has 1 atom stereocenters. The van der Waals surface area contributed by atoms with Crippen LogP contribution in [0.2, 0.25) is 0 Å². The van der Waals surface area contributed by atoms with E-state index in [1.165, 1.54) is 24.0 Å². The van der Waals surface area contributed by atoms with Gasteiger partial charge in [0.15, 0.2) is 11.5 Å². The molecule has 0 N–H and O–H groups in total. The molecule has 1 amide bonds. The highest BCUT2D eigenvalue weighted by atomic mass is 32.1. The van der Waals surface area contributed by atoms with Crippen molar-refractivity contribution in [1.29, 1.82) is 0 Å². The molecule has 4 heterocycles. The van der Waals surface area contributed by atoms with Crippen molar-refractivity contribution in [3.8, 4) is 11.5 Å². The number of hydrogen-bond acceptors (Lipinski definition) is 7. The molecule has 0 unspecified atom stereocenters. The third kappa shape index (κ3) is 5.29. The van der Waals surface area contributed by atoms with Gasteiger partial charge in [-0.15, -0.1) is 0 Å². The Morgan fingerprint density at radius 3 is 2.81 bits per heavy atom. The molecule has 6 rings (SSSR count). The zero-order valence-corrected chi connectivity index (χ0v) is 21.6. The average molecular weight is 523 g/mol. The Balaban J connectivity index is 1.02. The van der Waals surface area contributed by atoms with E-state index in [1.54, 1.807) is 12.1 Å². The Labute approximate surface area is 220 Å². The van der Waals surface area contributed by atoms with Gasteiger partial charge in [-0.1, -0.05) is 6.07 Å². The first-order chi connectivity index (χ1) is 18.1. The number of rotatable bonds is 6. The standard InChI is InChI=1S/C28H31FN4O3S/c29-21-6-7-23-26(18-21)37-30-28(23)32-15-13-31(14-16-32)12-10-22-3-1-2-11-33(22)27(34)9-5-20-4-8-24-25(17-20)36-19-35-24/h4-9,17-18,22H,1-3,10-16,19H2/t22-/m0/s1. The SMILES string of the molecule is O=C(C=Cc1ccc2c(c1)OCO2)N1CCCC[C@H]1CCN1CCN(c2nsc3cc(F)ccc23)CC1. The number of anilines is 1. The third-order valence-corrected chi connectivity index (χ3v) is 8.39. The normalized spacial score (nSPS) is 20.3. The van der Waals surface area contributed by atoms with E-state index in [1.807, 2.05) is 30.3 Å². The largest absolute Gasteiger partial charge is 0.454 e. The van der Waals surface area contributed by atoms with Crippen LogP contribution in [0, 0.1) is 5.82 Å². The number of amides is 1. The summed E-state index contributed by atoms with van der Waals surface area (Å²) in [4.78, 5) is 20.0. The van der Waals surface area contributed by atoms with E-state index in [-0.39, 0.29) is 24.6 Å². The molecule has 3 aliphatic heterocycles. The van der Waals surface area contributed by atoms with Crippen LogP contribution in [-0.2, 0) is 4.79 Å². The number of halogens is 1. The average Bonchev–Trinajstić information content (AvgIpc) is 3.57.